The monoisotopic (exact) mass is 426 g/mol. The van der Waals surface area contributed by atoms with Crippen LogP contribution in [-0.4, -0.2) is 69.7 Å². The van der Waals surface area contributed by atoms with E-state index in [0.717, 1.165) is 45.6 Å². The summed E-state index contributed by atoms with van der Waals surface area (Å²) in [5, 5.41) is 13.4. The molecule has 1 aromatic heterocycles. The molecule has 3 heterocycles. The molecule has 3 fully saturated rings. The molecule has 160 valence electrons. The fourth-order valence-corrected chi connectivity index (χ4v) is 6.05. The third-order valence-corrected chi connectivity index (χ3v) is 7.78. The van der Waals surface area contributed by atoms with Crippen LogP contribution in [0.3, 0.4) is 0 Å². The van der Waals surface area contributed by atoms with Gasteiger partial charge in [0.15, 0.2) is 0 Å². The number of likely N-dealkylation sites (tertiary alicyclic amines) is 2. The van der Waals surface area contributed by atoms with Crippen LogP contribution in [0.4, 0.5) is 0 Å². The van der Waals surface area contributed by atoms with Gasteiger partial charge in [-0.15, -0.1) is 11.3 Å². The number of carbonyl (C=O) groups is 1. The zero-order valence-corrected chi connectivity index (χ0v) is 18.1. The number of piperidine rings is 1. The molecule has 1 aromatic carbocycles. The first-order chi connectivity index (χ1) is 14.6. The quantitative estimate of drug-likeness (QED) is 0.677. The van der Waals surface area contributed by atoms with Crippen molar-refractivity contribution in [3.8, 4) is 0 Å². The fraction of sp³-hybridized carbons (Fsp3) is 0.565. The van der Waals surface area contributed by atoms with E-state index in [1.54, 1.807) is 11.3 Å². The van der Waals surface area contributed by atoms with Crippen LogP contribution in [0.5, 0.6) is 0 Å². The lowest BCUT2D eigenvalue weighted by atomic mass is 9.82. The maximum absolute atomic E-state index is 11.6. The number of benzene rings is 1. The zero-order chi connectivity index (χ0) is 20.6. The van der Waals surface area contributed by atoms with Crippen molar-refractivity contribution in [1.82, 2.24) is 20.1 Å². The van der Waals surface area contributed by atoms with Crippen molar-refractivity contribution >= 4 is 17.3 Å². The molecule has 2 atom stereocenters. The van der Waals surface area contributed by atoms with E-state index in [4.69, 9.17) is 0 Å². The topological polar surface area (TPSA) is 68.7 Å². The number of hydrogen-bond acceptors (Lipinski definition) is 6. The molecule has 0 unspecified atom stereocenters. The minimum absolute atomic E-state index is 0.201. The third-order valence-electron chi connectivity index (χ3n) is 7.01. The number of rotatable bonds is 8. The van der Waals surface area contributed by atoms with Gasteiger partial charge in [0.1, 0.15) is 0 Å². The van der Waals surface area contributed by atoms with Crippen LogP contribution in [0.15, 0.2) is 42.0 Å². The number of aliphatic carboxylic acids is 1. The van der Waals surface area contributed by atoms with Gasteiger partial charge in [-0.3, -0.25) is 19.6 Å². The number of thiazole rings is 1. The number of nitrogens with zero attached hydrogens (tertiary/aromatic N) is 3. The van der Waals surface area contributed by atoms with Crippen molar-refractivity contribution in [2.24, 2.45) is 0 Å². The van der Waals surface area contributed by atoms with Gasteiger partial charge in [0, 0.05) is 61.8 Å². The largest absolute Gasteiger partial charge is 0.481 e. The van der Waals surface area contributed by atoms with Crippen molar-refractivity contribution in [1.29, 1.82) is 0 Å². The smallest absolute Gasteiger partial charge is 0.305 e. The van der Waals surface area contributed by atoms with Crippen LogP contribution >= 0.6 is 11.3 Å². The van der Waals surface area contributed by atoms with Gasteiger partial charge in [0.2, 0.25) is 0 Å². The summed E-state index contributed by atoms with van der Waals surface area (Å²) in [6, 6.07) is 12.0. The minimum Gasteiger partial charge on any atom is -0.481 e. The second kappa shape index (κ2) is 8.38. The molecule has 6 nitrogen and oxygen atoms in total. The predicted molar refractivity (Wildman–Crippen MR) is 118 cm³/mol. The Hall–Kier alpha value is -1.80. The van der Waals surface area contributed by atoms with Crippen molar-refractivity contribution in [2.45, 2.75) is 55.8 Å². The predicted octanol–water partition coefficient (Wildman–Crippen LogP) is 2.78. The molecule has 2 N–H and O–H groups in total. The normalized spacial score (nSPS) is 26.9. The van der Waals surface area contributed by atoms with Crippen LogP contribution < -0.4 is 5.32 Å². The summed E-state index contributed by atoms with van der Waals surface area (Å²) in [6.45, 7) is 4.54. The molecule has 7 heteroatoms. The molecule has 0 radical (unpaired) electrons. The second-order valence-electron chi connectivity index (χ2n) is 9.20. The maximum Gasteiger partial charge on any atom is 0.305 e. The molecule has 1 saturated carbocycles. The van der Waals surface area contributed by atoms with Gasteiger partial charge < -0.3 is 10.4 Å². The van der Waals surface area contributed by atoms with Crippen molar-refractivity contribution in [3.63, 3.8) is 0 Å². The minimum atomic E-state index is -0.684. The highest BCUT2D eigenvalue weighted by atomic mass is 32.1. The Morgan fingerprint density at radius 1 is 1.23 bits per heavy atom. The SMILES string of the molecule is O=C(O)CC1(N2CCC(N[C@@H]3C[C@H]3c3ccccc3)CC2)CN(Cc2cncs2)C1. The van der Waals surface area contributed by atoms with Crippen molar-refractivity contribution in [2.75, 3.05) is 26.2 Å². The molecule has 2 aliphatic heterocycles. The van der Waals surface area contributed by atoms with Crippen LogP contribution in [-0.2, 0) is 11.3 Å². The number of aromatic nitrogens is 1. The first-order valence-electron chi connectivity index (χ1n) is 11.0. The summed E-state index contributed by atoms with van der Waals surface area (Å²) in [6.07, 6.45) is 5.60. The number of carboxylic acids is 1. The average molecular weight is 427 g/mol. The first kappa shape index (κ1) is 20.1. The number of hydrogen-bond donors (Lipinski definition) is 2. The summed E-state index contributed by atoms with van der Waals surface area (Å²) in [5.41, 5.74) is 3.11. The highest BCUT2D eigenvalue weighted by molar-refractivity contribution is 7.09. The van der Waals surface area contributed by atoms with Gasteiger partial charge in [-0.1, -0.05) is 30.3 Å². The molecule has 0 amide bonds. The first-order valence-corrected chi connectivity index (χ1v) is 11.9. The lowest BCUT2D eigenvalue weighted by Gasteiger charge is -2.57. The molecule has 0 bridgehead atoms. The lowest BCUT2D eigenvalue weighted by Crippen LogP contribution is -2.71. The Morgan fingerprint density at radius 2 is 2.00 bits per heavy atom. The highest BCUT2D eigenvalue weighted by Crippen LogP contribution is 2.42. The van der Waals surface area contributed by atoms with E-state index in [-0.39, 0.29) is 12.0 Å². The molecular formula is C23H30N4O2S. The van der Waals surface area contributed by atoms with Crippen LogP contribution in [0.25, 0.3) is 0 Å². The van der Waals surface area contributed by atoms with Crippen LogP contribution in [0.2, 0.25) is 0 Å². The van der Waals surface area contributed by atoms with E-state index in [1.807, 2.05) is 11.7 Å². The number of nitrogens with one attached hydrogen (secondary N) is 1. The molecule has 5 rings (SSSR count). The highest BCUT2D eigenvalue weighted by Gasteiger charge is 2.50. The Kier molecular flexibility index (Phi) is 5.62. The van der Waals surface area contributed by atoms with Gasteiger partial charge in [-0.2, -0.15) is 0 Å². The summed E-state index contributed by atoms with van der Waals surface area (Å²) in [7, 11) is 0. The van der Waals surface area contributed by atoms with E-state index < -0.39 is 5.97 Å². The average Bonchev–Trinajstić information content (AvgIpc) is 3.29. The third kappa shape index (κ3) is 4.30. The molecule has 3 aliphatic rings. The lowest BCUT2D eigenvalue weighted by molar-refractivity contribution is -0.147. The van der Waals surface area contributed by atoms with Crippen molar-refractivity contribution < 1.29 is 9.90 Å². The van der Waals surface area contributed by atoms with E-state index >= 15 is 0 Å². The van der Waals surface area contributed by atoms with Crippen LogP contribution in [0, 0.1) is 0 Å². The van der Waals surface area contributed by atoms with E-state index in [1.165, 1.54) is 16.9 Å². The second-order valence-corrected chi connectivity index (χ2v) is 10.2. The summed E-state index contributed by atoms with van der Waals surface area (Å²) < 4.78 is 0. The van der Waals surface area contributed by atoms with E-state index in [0.29, 0.717) is 18.0 Å². The van der Waals surface area contributed by atoms with Gasteiger partial charge in [0.05, 0.1) is 17.5 Å². The maximum atomic E-state index is 11.6. The standard InChI is InChI=1S/C23H30N4O2S/c28-22(29)11-23(14-26(15-23)13-19-12-24-16-30-19)27-8-6-18(7-9-27)25-21-10-20(21)17-4-2-1-3-5-17/h1-5,12,16,18,20-21,25H,6-11,13-15H2,(H,28,29)/t20-,21+/m0/s1. The van der Waals surface area contributed by atoms with E-state index in [9.17, 15) is 9.90 Å². The van der Waals surface area contributed by atoms with Gasteiger partial charge in [-0.05, 0) is 24.8 Å². The molecule has 1 aliphatic carbocycles. The van der Waals surface area contributed by atoms with Gasteiger partial charge >= 0.3 is 5.97 Å². The fourth-order valence-electron chi connectivity index (χ4n) is 5.41. The van der Waals surface area contributed by atoms with E-state index in [2.05, 4.69) is 50.4 Å². The molecule has 30 heavy (non-hydrogen) atoms. The Bertz CT molecular complexity index is 845. The van der Waals surface area contributed by atoms with Crippen molar-refractivity contribution in [3.05, 3.63) is 52.5 Å². The summed E-state index contributed by atoms with van der Waals surface area (Å²) in [5.74, 6) is -0.0223. The molecular weight excluding hydrogens is 396 g/mol. The Balaban J connectivity index is 1.12. The molecule has 0 spiro atoms. The Labute approximate surface area is 181 Å². The Morgan fingerprint density at radius 3 is 2.67 bits per heavy atom. The van der Waals surface area contributed by atoms with Crippen LogP contribution in [0.1, 0.15) is 42.0 Å². The number of carboxylic acid groups (broad SMARTS) is 1. The summed E-state index contributed by atoms with van der Waals surface area (Å²) in [4.78, 5) is 21.8. The molecule has 2 saturated heterocycles. The zero-order valence-electron chi connectivity index (χ0n) is 17.2. The van der Waals surface area contributed by atoms with Gasteiger partial charge in [0.25, 0.3) is 0 Å². The molecule has 2 aromatic rings. The summed E-state index contributed by atoms with van der Waals surface area (Å²) >= 11 is 1.67. The van der Waals surface area contributed by atoms with Gasteiger partial charge in [-0.25, -0.2) is 0 Å².